The van der Waals surface area contributed by atoms with Crippen LogP contribution in [0.5, 0.6) is 5.75 Å². The fourth-order valence-corrected chi connectivity index (χ4v) is 2.18. The van der Waals surface area contributed by atoms with Gasteiger partial charge in [0, 0.05) is 6.54 Å². The predicted octanol–water partition coefficient (Wildman–Crippen LogP) is 2.68. The maximum Gasteiger partial charge on any atom is 0.227 e. The lowest BCUT2D eigenvalue weighted by Crippen LogP contribution is -2.46. The van der Waals surface area contributed by atoms with Crippen molar-refractivity contribution in [3.05, 3.63) is 29.8 Å². The number of carbonyl (C=O) groups is 1. The number of aryl methyl sites for hydroxylation is 1. The highest BCUT2D eigenvalue weighted by Gasteiger charge is 2.32. The molecular weight excluding hydrogens is 288 g/mol. The van der Waals surface area contributed by atoms with Gasteiger partial charge in [-0.3, -0.25) is 4.79 Å². The molecule has 0 saturated carbocycles. The first kappa shape index (κ1) is 19.7. The molecule has 120 valence electrons. The summed E-state index contributed by atoms with van der Waals surface area (Å²) in [7, 11) is 0. The molecule has 1 aromatic rings. The first-order chi connectivity index (χ1) is 9.59. The Morgan fingerprint density at radius 2 is 1.90 bits per heavy atom. The van der Waals surface area contributed by atoms with Crippen LogP contribution in [0.1, 0.15) is 32.3 Å². The zero-order valence-corrected chi connectivity index (χ0v) is 14.0. The number of carbonyl (C=O) groups excluding carboxylic acids is 1. The van der Waals surface area contributed by atoms with Gasteiger partial charge >= 0.3 is 0 Å². The summed E-state index contributed by atoms with van der Waals surface area (Å²) in [5.74, 6) is 0.885. The van der Waals surface area contributed by atoms with Crippen LogP contribution in [-0.2, 0) is 4.79 Å². The number of ether oxygens (including phenoxy) is 1. The lowest BCUT2D eigenvalue weighted by atomic mass is 9.81. The molecule has 0 aromatic heterocycles. The van der Waals surface area contributed by atoms with Gasteiger partial charge in [-0.1, -0.05) is 32.0 Å². The first-order valence-corrected chi connectivity index (χ1v) is 7.26. The fourth-order valence-electron chi connectivity index (χ4n) is 2.18. The number of nitrogens with one attached hydrogen (secondary N) is 1. The molecule has 21 heavy (non-hydrogen) atoms. The van der Waals surface area contributed by atoms with Crippen LogP contribution >= 0.6 is 12.4 Å². The van der Waals surface area contributed by atoms with Crippen molar-refractivity contribution >= 4 is 18.3 Å². The lowest BCUT2D eigenvalue weighted by Gasteiger charge is -2.28. The number of amides is 1. The van der Waals surface area contributed by atoms with Crippen LogP contribution in [0.4, 0.5) is 0 Å². The molecule has 0 saturated heterocycles. The van der Waals surface area contributed by atoms with Gasteiger partial charge in [-0.15, -0.1) is 12.4 Å². The van der Waals surface area contributed by atoms with E-state index >= 15 is 0 Å². The Hall–Kier alpha value is -1.26. The first-order valence-electron chi connectivity index (χ1n) is 7.26. The smallest absolute Gasteiger partial charge is 0.227 e. The Kier molecular flexibility index (Phi) is 9.06. The number of nitrogens with two attached hydrogens (primary N) is 1. The van der Waals surface area contributed by atoms with Crippen molar-refractivity contribution < 1.29 is 9.53 Å². The number of halogens is 1. The Morgan fingerprint density at radius 1 is 1.29 bits per heavy atom. The molecule has 1 amide bonds. The molecule has 0 unspecified atom stereocenters. The largest absolute Gasteiger partial charge is 0.491 e. The molecule has 0 heterocycles. The Bertz CT molecular complexity index is 426. The molecule has 5 heteroatoms. The van der Waals surface area contributed by atoms with Crippen molar-refractivity contribution in [3.8, 4) is 5.75 Å². The number of rotatable bonds is 8. The topological polar surface area (TPSA) is 64.4 Å². The summed E-state index contributed by atoms with van der Waals surface area (Å²) in [6.45, 7) is 7.34. The van der Waals surface area contributed by atoms with Crippen LogP contribution < -0.4 is 15.8 Å². The van der Waals surface area contributed by atoms with Crippen LogP contribution in [0.3, 0.4) is 0 Å². The molecule has 1 aromatic carbocycles. The van der Waals surface area contributed by atoms with Crippen molar-refractivity contribution in [2.75, 3.05) is 19.7 Å². The van der Waals surface area contributed by atoms with Gasteiger partial charge in [-0.05, 0) is 31.4 Å². The van der Waals surface area contributed by atoms with Crippen molar-refractivity contribution in [1.82, 2.24) is 5.32 Å². The highest BCUT2D eigenvalue weighted by atomic mass is 35.5. The molecule has 1 rings (SSSR count). The highest BCUT2D eigenvalue weighted by Crippen LogP contribution is 2.24. The Balaban J connectivity index is 0.00000400. The average Bonchev–Trinajstić information content (AvgIpc) is 2.48. The van der Waals surface area contributed by atoms with Gasteiger partial charge in [0.25, 0.3) is 0 Å². The molecule has 0 bridgehead atoms. The minimum Gasteiger partial charge on any atom is -0.491 e. The molecule has 0 aliphatic carbocycles. The molecular formula is C16H27ClN2O2. The van der Waals surface area contributed by atoms with E-state index in [2.05, 4.69) is 5.32 Å². The summed E-state index contributed by atoms with van der Waals surface area (Å²) in [5, 5.41) is 2.92. The van der Waals surface area contributed by atoms with Gasteiger partial charge < -0.3 is 15.8 Å². The Labute approximate surface area is 133 Å². The van der Waals surface area contributed by atoms with E-state index in [-0.39, 0.29) is 18.3 Å². The number of hydrogen-bond acceptors (Lipinski definition) is 3. The average molecular weight is 315 g/mol. The molecule has 0 atom stereocenters. The van der Waals surface area contributed by atoms with Crippen molar-refractivity contribution in [1.29, 1.82) is 0 Å². The third-order valence-corrected chi connectivity index (χ3v) is 3.96. The summed E-state index contributed by atoms with van der Waals surface area (Å²) in [6.07, 6.45) is 1.51. The van der Waals surface area contributed by atoms with Gasteiger partial charge in [0.1, 0.15) is 12.4 Å². The Morgan fingerprint density at radius 3 is 2.43 bits per heavy atom. The van der Waals surface area contributed by atoms with Crippen molar-refractivity contribution in [2.45, 2.75) is 33.6 Å². The minimum absolute atomic E-state index is 0. The maximum absolute atomic E-state index is 12.2. The monoisotopic (exact) mass is 314 g/mol. The molecule has 0 fully saturated rings. The minimum atomic E-state index is -0.442. The second-order valence-electron chi connectivity index (χ2n) is 5.06. The van der Waals surface area contributed by atoms with Crippen LogP contribution in [0, 0.1) is 12.3 Å². The lowest BCUT2D eigenvalue weighted by molar-refractivity contribution is -0.131. The van der Waals surface area contributed by atoms with E-state index < -0.39 is 5.41 Å². The SMILES string of the molecule is CCC(CC)(CN)C(=O)NCCOc1ccccc1C.Cl. The van der Waals surface area contributed by atoms with E-state index in [9.17, 15) is 4.79 Å². The number of benzene rings is 1. The highest BCUT2D eigenvalue weighted by molar-refractivity contribution is 5.85. The molecule has 0 spiro atoms. The van der Waals surface area contributed by atoms with Gasteiger partial charge in [-0.2, -0.15) is 0 Å². The second kappa shape index (κ2) is 9.64. The second-order valence-corrected chi connectivity index (χ2v) is 5.06. The van der Waals surface area contributed by atoms with Crippen LogP contribution in [0.15, 0.2) is 24.3 Å². The molecule has 4 nitrogen and oxygen atoms in total. The van der Waals surface area contributed by atoms with E-state index in [0.29, 0.717) is 19.7 Å². The van der Waals surface area contributed by atoms with Gasteiger partial charge in [0.05, 0.1) is 12.0 Å². The summed E-state index contributed by atoms with van der Waals surface area (Å²) in [4.78, 5) is 12.2. The van der Waals surface area contributed by atoms with E-state index in [4.69, 9.17) is 10.5 Å². The van der Waals surface area contributed by atoms with Crippen LogP contribution in [0.25, 0.3) is 0 Å². The molecule has 0 aliphatic rings. The van der Waals surface area contributed by atoms with E-state index in [1.807, 2.05) is 45.0 Å². The van der Waals surface area contributed by atoms with Crippen molar-refractivity contribution in [2.24, 2.45) is 11.1 Å². The van der Waals surface area contributed by atoms with E-state index in [1.54, 1.807) is 0 Å². The van der Waals surface area contributed by atoms with Crippen LogP contribution in [-0.4, -0.2) is 25.6 Å². The molecule has 0 aliphatic heterocycles. The number of hydrogen-bond donors (Lipinski definition) is 2. The van der Waals surface area contributed by atoms with Crippen molar-refractivity contribution in [3.63, 3.8) is 0 Å². The standard InChI is InChI=1S/C16H26N2O2.ClH/c1-4-16(5-2,12-17)15(19)18-10-11-20-14-9-7-6-8-13(14)3;/h6-9H,4-5,10-12,17H2,1-3H3,(H,18,19);1H. The molecule has 0 radical (unpaired) electrons. The third-order valence-electron chi connectivity index (χ3n) is 3.96. The zero-order valence-electron chi connectivity index (χ0n) is 13.1. The third kappa shape index (κ3) is 5.21. The normalized spacial score (nSPS) is 10.7. The summed E-state index contributed by atoms with van der Waals surface area (Å²) in [5.41, 5.74) is 6.41. The summed E-state index contributed by atoms with van der Waals surface area (Å²) >= 11 is 0. The predicted molar refractivity (Wildman–Crippen MR) is 89.0 cm³/mol. The van der Waals surface area contributed by atoms with Gasteiger partial charge in [0.2, 0.25) is 5.91 Å². The van der Waals surface area contributed by atoms with Gasteiger partial charge in [-0.25, -0.2) is 0 Å². The van der Waals surface area contributed by atoms with E-state index in [0.717, 1.165) is 24.2 Å². The fraction of sp³-hybridized carbons (Fsp3) is 0.562. The number of para-hydroxylation sites is 1. The van der Waals surface area contributed by atoms with Gasteiger partial charge in [0.15, 0.2) is 0 Å². The quantitative estimate of drug-likeness (QED) is 0.725. The summed E-state index contributed by atoms with van der Waals surface area (Å²) in [6, 6.07) is 7.84. The van der Waals surface area contributed by atoms with Crippen LogP contribution in [0.2, 0.25) is 0 Å². The zero-order chi connectivity index (χ0) is 15.0. The maximum atomic E-state index is 12.2. The summed E-state index contributed by atoms with van der Waals surface area (Å²) < 4.78 is 5.65. The molecule has 3 N–H and O–H groups in total. The van der Waals surface area contributed by atoms with E-state index in [1.165, 1.54) is 0 Å².